The van der Waals surface area contributed by atoms with Crippen molar-refractivity contribution in [3.63, 3.8) is 0 Å². The van der Waals surface area contributed by atoms with E-state index in [9.17, 15) is 9.59 Å². The summed E-state index contributed by atoms with van der Waals surface area (Å²) in [5.74, 6) is -2.73. The molecule has 0 aromatic carbocycles. The summed E-state index contributed by atoms with van der Waals surface area (Å²) in [5.41, 5.74) is 0. The number of carbonyl (C=O) groups is 2. The minimum absolute atomic E-state index is 0.260. The lowest BCUT2D eigenvalue weighted by atomic mass is 9.97. The highest BCUT2D eigenvalue weighted by Gasteiger charge is 2.20. The molecule has 0 heterocycles. The highest BCUT2D eigenvalue weighted by atomic mass is 16.4. The molecule has 0 aliphatic carbocycles. The predicted octanol–water partition coefficient (Wildman–Crippen LogP) is 7.37. The molecule has 1 unspecified atom stereocenters. The molecule has 0 aromatic heterocycles. The van der Waals surface area contributed by atoms with E-state index in [1.165, 1.54) is 83.5 Å². The highest BCUT2D eigenvalue weighted by molar-refractivity contribution is 5.77. The Balaban J connectivity index is 3.31. The Morgan fingerprint density at radius 1 is 0.679 bits per heavy atom. The fraction of sp³-hybridized carbons (Fsp3) is 0.833. The molecule has 4 heteroatoms. The Morgan fingerprint density at radius 2 is 1.11 bits per heavy atom. The molecule has 164 valence electrons. The van der Waals surface area contributed by atoms with Crippen LogP contribution in [0.5, 0.6) is 0 Å². The first kappa shape index (κ1) is 26.7. The van der Waals surface area contributed by atoms with E-state index in [0.717, 1.165) is 19.3 Å². The molecule has 28 heavy (non-hydrogen) atoms. The van der Waals surface area contributed by atoms with Crippen LogP contribution in [0, 0.1) is 5.92 Å². The van der Waals surface area contributed by atoms with E-state index < -0.39 is 17.9 Å². The molecule has 0 aliphatic rings. The van der Waals surface area contributed by atoms with Crippen molar-refractivity contribution >= 4 is 11.9 Å². The number of carboxylic acids is 2. The van der Waals surface area contributed by atoms with Crippen LogP contribution in [0.3, 0.4) is 0 Å². The Morgan fingerprint density at radius 3 is 1.54 bits per heavy atom. The van der Waals surface area contributed by atoms with Crippen molar-refractivity contribution in [2.45, 2.75) is 122 Å². The van der Waals surface area contributed by atoms with Gasteiger partial charge in [-0.15, -0.1) is 0 Å². The first-order valence-corrected chi connectivity index (χ1v) is 11.7. The summed E-state index contributed by atoms with van der Waals surface area (Å²) in [6, 6.07) is 0. The van der Waals surface area contributed by atoms with Gasteiger partial charge in [-0.25, -0.2) is 0 Å². The summed E-state index contributed by atoms with van der Waals surface area (Å²) in [6.07, 6.45) is 24.8. The summed E-state index contributed by atoms with van der Waals surface area (Å²) in [4.78, 5) is 21.6. The van der Waals surface area contributed by atoms with E-state index in [2.05, 4.69) is 19.1 Å². The van der Waals surface area contributed by atoms with Gasteiger partial charge < -0.3 is 10.2 Å². The second-order valence-corrected chi connectivity index (χ2v) is 8.07. The number of hydrogen-bond acceptors (Lipinski definition) is 2. The van der Waals surface area contributed by atoms with E-state index in [1.54, 1.807) is 0 Å². The van der Waals surface area contributed by atoms with E-state index in [-0.39, 0.29) is 6.42 Å². The topological polar surface area (TPSA) is 74.6 Å². The number of unbranched alkanes of at least 4 members (excludes halogenated alkanes) is 14. The van der Waals surface area contributed by atoms with Gasteiger partial charge in [-0.2, -0.15) is 0 Å². The largest absolute Gasteiger partial charge is 0.481 e. The molecule has 0 saturated heterocycles. The zero-order valence-corrected chi connectivity index (χ0v) is 18.2. The minimum Gasteiger partial charge on any atom is -0.481 e. The van der Waals surface area contributed by atoms with Gasteiger partial charge in [0.25, 0.3) is 0 Å². The van der Waals surface area contributed by atoms with Crippen molar-refractivity contribution in [1.82, 2.24) is 0 Å². The lowest BCUT2D eigenvalue weighted by Gasteiger charge is -2.09. The van der Waals surface area contributed by atoms with Crippen LogP contribution in [0.25, 0.3) is 0 Å². The van der Waals surface area contributed by atoms with Crippen LogP contribution < -0.4 is 0 Å². The van der Waals surface area contributed by atoms with Crippen molar-refractivity contribution in [2.24, 2.45) is 5.92 Å². The van der Waals surface area contributed by atoms with E-state index >= 15 is 0 Å². The molecule has 0 aromatic rings. The molecule has 0 rings (SSSR count). The lowest BCUT2D eigenvalue weighted by molar-refractivity contribution is -0.148. The molecule has 0 fully saturated rings. The number of aliphatic carboxylic acids is 2. The summed E-state index contributed by atoms with van der Waals surface area (Å²) >= 11 is 0. The number of hydrogen-bond donors (Lipinski definition) is 2. The monoisotopic (exact) mass is 396 g/mol. The van der Waals surface area contributed by atoms with Crippen LogP contribution in [0.2, 0.25) is 0 Å². The van der Waals surface area contributed by atoms with Crippen LogP contribution in [0.4, 0.5) is 0 Å². The van der Waals surface area contributed by atoms with Gasteiger partial charge in [0.15, 0.2) is 0 Å². The van der Waals surface area contributed by atoms with Gasteiger partial charge in [0.1, 0.15) is 0 Å². The number of carboxylic acid groups (broad SMARTS) is 2. The third-order valence-electron chi connectivity index (χ3n) is 5.33. The van der Waals surface area contributed by atoms with Gasteiger partial charge in [0.05, 0.1) is 12.3 Å². The van der Waals surface area contributed by atoms with Crippen LogP contribution in [-0.2, 0) is 9.59 Å². The number of allylic oxidation sites excluding steroid dienone is 2. The average molecular weight is 397 g/mol. The van der Waals surface area contributed by atoms with E-state index in [4.69, 9.17) is 10.2 Å². The normalized spacial score (nSPS) is 12.5. The standard InChI is InChI=1S/C24H44O4/c1-2-3-4-5-6-7-8-9-10-11-12-13-14-15-16-17-18-19-20-22(24(27)28)21-23(25)26/h8-9,22H,2-7,10-21H2,1H3,(H,25,26)(H,27,28)/b9-8+. The summed E-state index contributed by atoms with van der Waals surface area (Å²) in [5, 5.41) is 17.7. The quantitative estimate of drug-likeness (QED) is 0.157. The van der Waals surface area contributed by atoms with Gasteiger partial charge in [0.2, 0.25) is 0 Å². The first-order chi connectivity index (χ1) is 13.6. The fourth-order valence-electron chi connectivity index (χ4n) is 3.52. The highest BCUT2D eigenvalue weighted by Crippen LogP contribution is 2.16. The van der Waals surface area contributed by atoms with Crippen molar-refractivity contribution < 1.29 is 19.8 Å². The minimum atomic E-state index is -1.02. The van der Waals surface area contributed by atoms with Crippen LogP contribution in [-0.4, -0.2) is 22.2 Å². The molecule has 0 radical (unpaired) electrons. The molecule has 4 nitrogen and oxygen atoms in total. The molecular weight excluding hydrogens is 352 g/mol. The zero-order valence-electron chi connectivity index (χ0n) is 18.2. The van der Waals surface area contributed by atoms with Crippen LogP contribution in [0.15, 0.2) is 12.2 Å². The second kappa shape index (κ2) is 20.4. The smallest absolute Gasteiger partial charge is 0.307 e. The van der Waals surface area contributed by atoms with Crippen molar-refractivity contribution in [2.75, 3.05) is 0 Å². The lowest BCUT2D eigenvalue weighted by Crippen LogP contribution is -2.17. The molecule has 0 bridgehead atoms. The number of rotatable bonds is 21. The van der Waals surface area contributed by atoms with Gasteiger partial charge in [-0.3, -0.25) is 9.59 Å². The summed E-state index contributed by atoms with van der Waals surface area (Å²) < 4.78 is 0. The fourth-order valence-corrected chi connectivity index (χ4v) is 3.52. The molecule has 0 spiro atoms. The van der Waals surface area contributed by atoms with Gasteiger partial charge >= 0.3 is 11.9 Å². The van der Waals surface area contributed by atoms with Crippen molar-refractivity contribution in [1.29, 1.82) is 0 Å². The molecule has 0 saturated carbocycles. The van der Waals surface area contributed by atoms with Gasteiger partial charge in [0, 0.05) is 0 Å². The average Bonchev–Trinajstić information content (AvgIpc) is 2.65. The third-order valence-corrected chi connectivity index (χ3v) is 5.33. The molecular formula is C24H44O4. The maximum absolute atomic E-state index is 11.0. The Kier molecular flexibility index (Phi) is 19.5. The van der Waals surface area contributed by atoms with Gasteiger partial charge in [-0.05, 0) is 32.1 Å². The van der Waals surface area contributed by atoms with Gasteiger partial charge in [-0.1, -0.05) is 96.1 Å². The van der Waals surface area contributed by atoms with E-state index in [0.29, 0.717) is 6.42 Å². The third kappa shape index (κ3) is 19.4. The van der Waals surface area contributed by atoms with E-state index in [1.807, 2.05) is 0 Å². The Bertz CT molecular complexity index is 403. The first-order valence-electron chi connectivity index (χ1n) is 11.7. The Labute approximate surface area is 172 Å². The van der Waals surface area contributed by atoms with Crippen molar-refractivity contribution in [3.8, 4) is 0 Å². The summed E-state index contributed by atoms with van der Waals surface area (Å²) in [7, 11) is 0. The maximum Gasteiger partial charge on any atom is 0.307 e. The Hall–Kier alpha value is -1.32. The molecule has 2 N–H and O–H groups in total. The summed E-state index contributed by atoms with van der Waals surface area (Å²) in [6.45, 7) is 2.26. The molecule has 1 atom stereocenters. The maximum atomic E-state index is 11.0. The molecule has 0 aliphatic heterocycles. The predicted molar refractivity (Wildman–Crippen MR) is 117 cm³/mol. The SMILES string of the molecule is CCCCCCC/C=C/CCCCCCCCCCCC(CC(=O)O)C(=O)O. The zero-order chi connectivity index (χ0) is 20.9. The van der Waals surface area contributed by atoms with Crippen molar-refractivity contribution in [3.05, 3.63) is 12.2 Å². The van der Waals surface area contributed by atoms with Crippen LogP contribution >= 0.6 is 0 Å². The molecule has 0 amide bonds. The second-order valence-electron chi connectivity index (χ2n) is 8.07. The van der Waals surface area contributed by atoms with Crippen LogP contribution in [0.1, 0.15) is 122 Å².